The number of para-hydroxylation sites is 1. The molecule has 2 rings (SSSR count). The second-order valence-corrected chi connectivity index (χ2v) is 11.7. The minimum Gasteiger partial charge on any atom is -0.426 e. The van der Waals surface area contributed by atoms with Gasteiger partial charge in [0.15, 0.2) is 0 Å². The highest BCUT2D eigenvalue weighted by Crippen LogP contribution is 2.26. The minimum absolute atomic E-state index is 0.114. The Hall–Kier alpha value is -1.39. The smallest absolute Gasteiger partial charge is 0.318 e. The fraction of sp³-hybridized carbons (Fsp3) is 0.500. The van der Waals surface area contributed by atoms with E-state index in [0.29, 0.717) is 11.8 Å². The molecule has 0 heterocycles. The Morgan fingerprint density at radius 2 is 1.86 bits per heavy atom. The summed E-state index contributed by atoms with van der Waals surface area (Å²) in [5.74, 6) is 0.369. The second kappa shape index (κ2) is 7.25. The van der Waals surface area contributed by atoms with Gasteiger partial charge < -0.3 is 9.30 Å². The van der Waals surface area contributed by atoms with Gasteiger partial charge in [-0.15, -0.1) is 0 Å². The molecule has 0 saturated carbocycles. The Morgan fingerprint density at radius 1 is 1.18 bits per heavy atom. The van der Waals surface area contributed by atoms with Crippen LogP contribution in [-0.2, 0) is 4.79 Å². The molecule has 2 atom stereocenters. The number of carbonyl (C=O) groups excluding carboxylic acids is 1. The molecular formula is C18H27NO2Si. The number of hydrogen-bond donors (Lipinski definition) is 0. The topological polar surface area (TPSA) is 29.5 Å². The molecule has 4 heteroatoms. The summed E-state index contributed by atoms with van der Waals surface area (Å²) in [7, 11) is -1.32. The number of hydrogen-bond acceptors (Lipinski definition) is 3. The van der Waals surface area contributed by atoms with Crippen LogP contribution >= 0.6 is 0 Å². The molecule has 22 heavy (non-hydrogen) atoms. The van der Waals surface area contributed by atoms with E-state index in [1.807, 2.05) is 36.4 Å². The number of benzene rings is 1. The Morgan fingerprint density at radius 3 is 2.36 bits per heavy atom. The monoisotopic (exact) mass is 317 g/mol. The van der Waals surface area contributed by atoms with E-state index in [0.717, 1.165) is 19.4 Å². The third-order valence-corrected chi connectivity index (χ3v) is 6.58. The van der Waals surface area contributed by atoms with E-state index >= 15 is 0 Å². The first-order chi connectivity index (χ1) is 10.4. The van der Waals surface area contributed by atoms with Crippen LogP contribution < -0.4 is 4.74 Å². The van der Waals surface area contributed by atoms with E-state index in [9.17, 15) is 4.79 Å². The molecule has 0 saturated heterocycles. The Kier molecular flexibility index (Phi) is 5.59. The van der Waals surface area contributed by atoms with Gasteiger partial charge in [0.2, 0.25) is 0 Å². The molecule has 1 aliphatic rings. The Labute approximate surface area is 135 Å². The third kappa shape index (κ3) is 4.30. The first kappa shape index (κ1) is 17.0. The number of likely N-dealkylation sites (N-methyl/N-ethyl adjacent to an activating group) is 1. The highest BCUT2D eigenvalue weighted by Gasteiger charge is 2.31. The maximum atomic E-state index is 12.2. The summed E-state index contributed by atoms with van der Waals surface area (Å²) >= 11 is 0. The van der Waals surface area contributed by atoms with E-state index < -0.39 is 8.24 Å². The lowest BCUT2D eigenvalue weighted by Gasteiger charge is -2.40. The zero-order chi connectivity index (χ0) is 16.2. The lowest BCUT2D eigenvalue weighted by Crippen LogP contribution is -2.51. The van der Waals surface area contributed by atoms with E-state index in [4.69, 9.17) is 4.74 Å². The van der Waals surface area contributed by atoms with Crippen molar-refractivity contribution in [3.8, 4) is 5.75 Å². The molecule has 0 aliphatic heterocycles. The van der Waals surface area contributed by atoms with Crippen LogP contribution in [0.15, 0.2) is 42.5 Å². The Balaban J connectivity index is 1.97. The molecular weight excluding hydrogens is 290 g/mol. The fourth-order valence-electron chi connectivity index (χ4n) is 3.15. The molecule has 0 aromatic heterocycles. The summed E-state index contributed by atoms with van der Waals surface area (Å²) in [4.78, 5) is 12.2. The molecule has 0 radical (unpaired) electrons. The van der Waals surface area contributed by atoms with Gasteiger partial charge in [-0.05, 0) is 31.5 Å². The van der Waals surface area contributed by atoms with Crippen LogP contribution in [-0.4, -0.2) is 31.4 Å². The normalized spacial score (nSPS) is 21.9. The molecule has 0 fully saturated rings. The summed E-state index contributed by atoms with van der Waals surface area (Å²) < 4.78 is 8.06. The van der Waals surface area contributed by atoms with Crippen molar-refractivity contribution >= 4 is 14.2 Å². The number of rotatable bonds is 5. The SMILES string of the molecule is CCN(C1C=CC(C(=O)Oc2ccccc2)CC1)[Si](C)(C)C. The molecule has 0 bridgehead atoms. The number of carbonyl (C=O) groups is 1. The number of ether oxygens (including phenoxy) is 1. The Bertz CT molecular complexity index is 522. The van der Waals surface area contributed by atoms with Gasteiger partial charge in [-0.25, -0.2) is 0 Å². The first-order valence-electron chi connectivity index (χ1n) is 8.13. The standard InChI is InChI=1S/C18H27NO2Si/c1-5-19(22(2,3)4)16-13-11-15(12-14-16)18(20)21-17-9-7-6-8-10-17/h6-11,13,15-16H,5,12,14H2,1-4H3. The van der Waals surface area contributed by atoms with Crippen molar-refractivity contribution < 1.29 is 9.53 Å². The molecule has 120 valence electrons. The van der Waals surface area contributed by atoms with Gasteiger partial charge in [-0.2, -0.15) is 0 Å². The quantitative estimate of drug-likeness (QED) is 0.355. The molecule has 0 N–H and O–H groups in total. The fourth-order valence-corrected chi connectivity index (χ4v) is 5.31. The highest BCUT2D eigenvalue weighted by atomic mass is 28.3. The van der Waals surface area contributed by atoms with Crippen molar-refractivity contribution in [2.45, 2.75) is 45.4 Å². The zero-order valence-electron chi connectivity index (χ0n) is 14.1. The van der Waals surface area contributed by atoms with Crippen LogP contribution in [0.2, 0.25) is 19.6 Å². The van der Waals surface area contributed by atoms with Gasteiger partial charge in [-0.3, -0.25) is 4.79 Å². The molecule has 0 spiro atoms. The van der Waals surface area contributed by atoms with Gasteiger partial charge >= 0.3 is 5.97 Å². The van der Waals surface area contributed by atoms with Crippen LogP contribution in [0, 0.1) is 5.92 Å². The summed E-state index contributed by atoms with van der Waals surface area (Å²) in [5, 5.41) is 0. The van der Waals surface area contributed by atoms with E-state index in [1.165, 1.54) is 0 Å². The van der Waals surface area contributed by atoms with E-state index in [1.54, 1.807) is 0 Å². The lowest BCUT2D eigenvalue weighted by atomic mass is 9.93. The van der Waals surface area contributed by atoms with Crippen LogP contribution in [0.25, 0.3) is 0 Å². The molecule has 1 aliphatic carbocycles. The predicted molar refractivity (Wildman–Crippen MR) is 93.5 cm³/mol. The van der Waals surface area contributed by atoms with E-state index in [-0.39, 0.29) is 11.9 Å². The van der Waals surface area contributed by atoms with Crippen molar-refractivity contribution in [2.75, 3.05) is 6.54 Å². The van der Waals surface area contributed by atoms with Crippen molar-refractivity contribution in [1.82, 2.24) is 4.57 Å². The average molecular weight is 318 g/mol. The summed E-state index contributed by atoms with van der Waals surface area (Å²) in [6, 6.07) is 9.77. The van der Waals surface area contributed by atoms with Crippen molar-refractivity contribution in [1.29, 1.82) is 0 Å². The molecule has 1 aromatic rings. The first-order valence-corrected chi connectivity index (χ1v) is 11.6. The number of esters is 1. The maximum absolute atomic E-state index is 12.2. The number of nitrogens with zero attached hydrogens (tertiary/aromatic N) is 1. The summed E-state index contributed by atoms with van der Waals surface area (Å²) in [6.07, 6.45) is 6.15. The summed E-state index contributed by atoms with van der Waals surface area (Å²) in [6.45, 7) is 10.4. The van der Waals surface area contributed by atoms with Gasteiger partial charge in [0.1, 0.15) is 14.0 Å². The van der Waals surface area contributed by atoms with Gasteiger partial charge in [0.05, 0.1) is 5.92 Å². The van der Waals surface area contributed by atoms with Crippen molar-refractivity contribution in [3.05, 3.63) is 42.5 Å². The highest BCUT2D eigenvalue weighted by molar-refractivity contribution is 6.73. The summed E-state index contributed by atoms with van der Waals surface area (Å²) in [5.41, 5.74) is 0. The van der Waals surface area contributed by atoms with Crippen LogP contribution in [0.1, 0.15) is 19.8 Å². The third-order valence-electron chi connectivity index (χ3n) is 4.21. The van der Waals surface area contributed by atoms with Crippen molar-refractivity contribution in [3.63, 3.8) is 0 Å². The zero-order valence-corrected chi connectivity index (χ0v) is 15.1. The second-order valence-electron chi connectivity index (χ2n) is 6.83. The molecule has 0 amide bonds. The predicted octanol–water partition coefficient (Wildman–Crippen LogP) is 4.08. The largest absolute Gasteiger partial charge is 0.426 e. The molecule has 2 unspecified atom stereocenters. The van der Waals surface area contributed by atoms with Gasteiger partial charge in [0.25, 0.3) is 0 Å². The van der Waals surface area contributed by atoms with Gasteiger partial charge in [-0.1, -0.05) is 56.9 Å². The van der Waals surface area contributed by atoms with Crippen LogP contribution in [0.3, 0.4) is 0 Å². The minimum atomic E-state index is -1.32. The average Bonchev–Trinajstić information content (AvgIpc) is 2.48. The maximum Gasteiger partial charge on any atom is 0.318 e. The van der Waals surface area contributed by atoms with Gasteiger partial charge in [0, 0.05) is 6.04 Å². The van der Waals surface area contributed by atoms with E-state index in [2.05, 4.69) is 37.2 Å². The van der Waals surface area contributed by atoms with Crippen molar-refractivity contribution in [2.24, 2.45) is 5.92 Å². The lowest BCUT2D eigenvalue weighted by molar-refractivity contribution is -0.137. The molecule has 1 aromatic carbocycles. The van der Waals surface area contributed by atoms with Crippen LogP contribution in [0.5, 0.6) is 5.75 Å². The molecule has 3 nitrogen and oxygen atoms in total. The van der Waals surface area contributed by atoms with Crippen LogP contribution in [0.4, 0.5) is 0 Å².